The first-order valence-corrected chi connectivity index (χ1v) is 6.64. The lowest BCUT2D eigenvalue weighted by Gasteiger charge is -2.20. The zero-order valence-corrected chi connectivity index (χ0v) is 11.7. The third-order valence-electron chi connectivity index (χ3n) is 3.24. The molecule has 7 heteroatoms. The molecule has 1 aromatic rings. The van der Waals surface area contributed by atoms with Crippen molar-refractivity contribution in [2.45, 2.75) is 18.9 Å². The number of anilines is 2. The van der Waals surface area contributed by atoms with Gasteiger partial charge in [-0.3, -0.25) is 0 Å². The van der Waals surface area contributed by atoms with Gasteiger partial charge in [0.1, 0.15) is 5.82 Å². The fourth-order valence-electron chi connectivity index (χ4n) is 2.14. The third kappa shape index (κ3) is 2.98. The fraction of sp³-hybridized carbons (Fsp3) is 0.545. The van der Waals surface area contributed by atoms with Crippen LogP contribution < -0.4 is 16.6 Å². The number of hydrogen-bond acceptors (Lipinski definition) is 5. The van der Waals surface area contributed by atoms with Gasteiger partial charge in [0.2, 0.25) is 0 Å². The molecule has 0 amide bonds. The maximum Gasteiger partial charge on any atom is 0.161 e. The average Bonchev–Trinajstić information content (AvgIpc) is 2.74. The molecule has 0 saturated carbocycles. The van der Waals surface area contributed by atoms with Crippen LogP contribution >= 0.6 is 23.2 Å². The van der Waals surface area contributed by atoms with Gasteiger partial charge in [-0.05, 0) is 32.5 Å². The van der Waals surface area contributed by atoms with Crippen LogP contribution in [-0.2, 0) is 0 Å². The van der Waals surface area contributed by atoms with Gasteiger partial charge in [-0.1, -0.05) is 23.2 Å². The number of nitrogens with zero attached hydrogens (tertiary/aromatic N) is 2. The van der Waals surface area contributed by atoms with E-state index in [4.69, 9.17) is 29.0 Å². The number of pyridine rings is 1. The third-order valence-corrected chi connectivity index (χ3v) is 3.82. The Morgan fingerprint density at radius 1 is 1.44 bits per heavy atom. The van der Waals surface area contributed by atoms with Crippen molar-refractivity contribution in [3.8, 4) is 0 Å². The molecular weight excluding hydrogens is 273 g/mol. The highest BCUT2D eigenvalue weighted by Crippen LogP contribution is 2.29. The molecule has 0 aliphatic carbocycles. The Labute approximate surface area is 117 Å². The van der Waals surface area contributed by atoms with E-state index in [1.165, 1.54) is 12.8 Å². The number of nitrogen functional groups attached to an aromatic ring is 1. The molecule has 100 valence electrons. The number of hydrogen-bond donors (Lipinski definition) is 3. The van der Waals surface area contributed by atoms with Crippen molar-refractivity contribution >= 4 is 34.8 Å². The molecule has 1 atom stereocenters. The molecule has 0 bridgehead atoms. The summed E-state index contributed by atoms with van der Waals surface area (Å²) in [7, 11) is 2.13. The van der Waals surface area contributed by atoms with Crippen LogP contribution in [0.15, 0.2) is 6.07 Å². The van der Waals surface area contributed by atoms with E-state index in [0.29, 0.717) is 27.7 Å². The first-order valence-electron chi connectivity index (χ1n) is 5.88. The molecule has 18 heavy (non-hydrogen) atoms. The zero-order valence-electron chi connectivity index (χ0n) is 10.2. The SMILES string of the molecule is CN1CCCC1CNc1nc(NN)c(Cl)cc1Cl. The quantitative estimate of drug-likeness (QED) is 0.586. The van der Waals surface area contributed by atoms with Gasteiger partial charge in [0, 0.05) is 12.6 Å². The van der Waals surface area contributed by atoms with Crippen molar-refractivity contribution in [3.05, 3.63) is 16.1 Å². The van der Waals surface area contributed by atoms with E-state index < -0.39 is 0 Å². The summed E-state index contributed by atoms with van der Waals surface area (Å²) >= 11 is 12.0. The average molecular weight is 290 g/mol. The predicted molar refractivity (Wildman–Crippen MR) is 76.2 cm³/mol. The maximum absolute atomic E-state index is 6.09. The molecule has 1 aliphatic rings. The van der Waals surface area contributed by atoms with Gasteiger partial charge in [0.25, 0.3) is 0 Å². The van der Waals surface area contributed by atoms with Crippen molar-refractivity contribution in [3.63, 3.8) is 0 Å². The normalized spacial score (nSPS) is 20.1. The number of aromatic nitrogens is 1. The summed E-state index contributed by atoms with van der Waals surface area (Å²) in [6.07, 6.45) is 2.43. The van der Waals surface area contributed by atoms with Crippen molar-refractivity contribution in [1.29, 1.82) is 0 Å². The van der Waals surface area contributed by atoms with E-state index in [9.17, 15) is 0 Å². The number of hydrazine groups is 1. The monoisotopic (exact) mass is 289 g/mol. The molecule has 5 nitrogen and oxygen atoms in total. The summed E-state index contributed by atoms with van der Waals surface area (Å²) in [4.78, 5) is 6.58. The van der Waals surface area contributed by atoms with E-state index in [1.807, 2.05) is 0 Å². The molecule has 2 rings (SSSR count). The lowest BCUT2D eigenvalue weighted by Crippen LogP contribution is -2.31. The highest BCUT2D eigenvalue weighted by atomic mass is 35.5. The standard InChI is InChI=1S/C11H17Cl2N5/c1-18-4-2-3-7(18)6-15-10-8(12)5-9(13)11(16-10)17-14/h5,7H,2-4,6,14H2,1H3,(H2,15,16,17). The van der Waals surface area contributed by atoms with Crippen LogP contribution in [-0.4, -0.2) is 36.1 Å². The summed E-state index contributed by atoms with van der Waals surface area (Å²) in [5.41, 5.74) is 2.45. The van der Waals surface area contributed by atoms with E-state index in [2.05, 4.69) is 27.7 Å². The Bertz CT molecular complexity index is 426. The first-order chi connectivity index (χ1) is 8.61. The van der Waals surface area contributed by atoms with Crippen molar-refractivity contribution in [1.82, 2.24) is 9.88 Å². The number of nitrogens with one attached hydrogen (secondary N) is 2. The lowest BCUT2D eigenvalue weighted by molar-refractivity contribution is 0.322. The smallest absolute Gasteiger partial charge is 0.161 e. The van der Waals surface area contributed by atoms with Gasteiger partial charge in [-0.25, -0.2) is 10.8 Å². The molecule has 1 saturated heterocycles. The topological polar surface area (TPSA) is 66.2 Å². The van der Waals surface area contributed by atoms with Crippen LogP contribution in [0.1, 0.15) is 12.8 Å². The Morgan fingerprint density at radius 3 is 2.78 bits per heavy atom. The van der Waals surface area contributed by atoms with Gasteiger partial charge in [-0.15, -0.1) is 0 Å². The zero-order chi connectivity index (χ0) is 13.1. The fourth-order valence-corrected chi connectivity index (χ4v) is 2.62. The number of likely N-dealkylation sites (tertiary alicyclic amines) is 1. The molecule has 0 aromatic carbocycles. The first kappa shape index (κ1) is 13.7. The van der Waals surface area contributed by atoms with Crippen molar-refractivity contribution < 1.29 is 0 Å². The largest absolute Gasteiger partial charge is 0.367 e. The van der Waals surface area contributed by atoms with E-state index in [-0.39, 0.29) is 0 Å². The molecule has 1 aliphatic heterocycles. The molecule has 1 aromatic heterocycles. The van der Waals surface area contributed by atoms with E-state index in [1.54, 1.807) is 6.07 Å². The minimum atomic E-state index is 0.408. The van der Waals surface area contributed by atoms with Crippen LogP contribution in [0.5, 0.6) is 0 Å². The highest BCUT2D eigenvalue weighted by Gasteiger charge is 2.21. The van der Waals surface area contributed by atoms with Crippen LogP contribution in [0, 0.1) is 0 Å². The van der Waals surface area contributed by atoms with Crippen LogP contribution in [0.2, 0.25) is 10.0 Å². The Morgan fingerprint density at radius 2 is 2.17 bits per heavy atom. The molecule has 0 spiro atoms. The molecule has 0 radical (unpaired) electrons. The Kier molecular flexibility index (Phi) is 4.50. The lowest BCUT2D eigenvalue weighted by atomic mass is 10.2. The highest BCUT2D eigenvalue weighted by molar-refractivity contribution is 6.37. The number of rotatable bonds is 4. The minimum absolute atomic E-state index is 0.408. The molecule has 4 N–H and O–H groups in total. The number of likely N-dealkylation sites (N-methyl/N-ethyl adjacent to an activating group) is 1. The summed E-state index contributed by atoms with van der Waals surface area (Å²) in [6, 6.07) is 2.15. The van der Waals surface area contributed by atoms with Gasteiger partial charge in [0.15, 0.2) is 5.82 Å². The second kappa shape index (κ2) is 5.93. The number of halogens is 2. The van der Waals surface area contributed by atoms with Gasteiger partial charge < -0.3 is 15.6 Å². The van der Waals surface area contributed by atoms with Gasteiger partial charge in [0.05, 0.1) is 10.0 Å². The molecule has 1 unspecified atom stereocenters. The summed E-state index contributed by atoms with van der Waals surface area (Å²) in [5.74, 6) is 6.36. The van der Waals surface area contributed by atoms with E-state index in [0.717, 1.165) is 13.1 Å². The Hall–Kier alpha value is -0.750. The van der Waals surface area contributed by atoms with Crippen molar-refractivity contribution in [2.24, 2.45) is 5.84 Å². The second-order valence-electron chi connectivity index (χ2n) is 4.45. The molecular formula is C11H17Cl2N5. The molecule has 1 fully saturated rings. The summed E-state index contributed by atoms with van der Waals surface area (Å²) < 4.78 is 0. The maximum atomic E-state index is 6.09. The van der Waals surface area contributed by atoms with Crippen LogP contribution in [0.3, 0.4) is 0 Å². The van der Waals surface area contributed by atoms with Crippen LogP contribution in [0.4, 0.5) is 11.6 Å². The van der Waals surface area contributed by atoms with Gasteiger partial charge in [-0.2, -0.15) is 0 Å². The van der Waals surface area contributed by atoms with Crippen molar-refractivity contribution in [2.75, 3.05) is 30.9 Å². The van der Waals surface area contributed by atoms with Crippen LogP contribution in [0.25, 0.3) is 0 Å². The molecule has 2 heterocycles. The summed E-state index contributed by atoms with van der Waals surface area (Å²) in [5, 5.41) is 4.16. The second-order valence-corrected chi connectivity index (χ2v) is 5.27. The minimum Gasteiger partial charge on any atom is -0.367 e. The van der Waals surface area contributed by atoms with Gasteiger partial charge >= 0.3 is 0 Å². The number of nitrogens with two attached hydrogens (primary N) is 1. The van der Waals surface area contributed by atoms with E-state index >= 15 is 0 Å². The predicted octanol–water partition coefficient (Wildman–Crippen LogP) is 2.18. The summed E-state index contributed by atoms with van der Waals surface area (Å²) in [6.45, 7) is 1.96. The Balaban J connectivity index is 2.04.